The molecule has 0 bridgehead atoms. The van der Waals surface area contributed by atoms with E-state index in [1.54, 1.807) is 0 Å². The van der Waals surface area contributed by atoms with Crippen LogP contribution in [0.3, 0.4) is 0 Å². The quantitative estimate of drug-likeness (QED) is 0.666. The first-order chi connectivity index (χ1) is 7.15. The summed E-state index contributed by atoms with van der Waals surface area (Å²) in [5, 5.41) is 0.864. The van der Waals surface area contributed by atoms with Gasteiger partial charge in [-0.2, -0.15) is 0 Å². The predicted molar refractivity (Wildman–Crippen MR) is 65.1 cm³/mol. The first kappa shape index (κ1) is 10.5. The minimum atomic E-state index is 0.0705. The molecule has 3 heteroatoms. The molecule has 0 amide bonds. The first-order valence-electron chi connectivity index (χ1n) is 5.19. The monoisotopic (exact) mass is 222 g/mol. The molecular weight excluding hydrogens is 208 g/mol. The number of nitrogens with zero attached hydrogens (tertiary/aromatic N) is 2. The number of aliphatic imine (C=N–C) groups is 1. The van der Waals surface area contributed by atoms with Crippen molar-refractivity contribution < 1.29 is 0 Å². The van der Waals surface area contributed by atoms with Gasteiger partial charge in [0, 0.05) is 24.5 Å². The zero-order valence-electron chi connectivity index (χ0n) is 9.29. The lowest BCUT2D eigenvalue weighted by Gasteiger charge is -2.32. The Balaban J connectivity index is 2.48. The van der Waals surface area contributed by atoms with Crippen molar-refractivity contribution in [3.63, 3.8) is 0 Å². The van der Waals surface area contributed by atoms with Crippen LogP contribution in [0.4, 0.5) is 0 Å². The topological polar surface area (TPSA) is 15.6 Å². The van der Waals surface area contributed by atoms with Crippen LogP contribution in [-0.2, 0) is 0 Å². The molecule has 0 aromatic rings. The van der Waals surface area contributed by atoms with Crippen molar-refractivity contribution in [2.75, 3.05) is 7.05 Å². The summed E-state index contributed by atoms with van der Waals surface area (Å²) in [4.78, 5) is 6.80. The molecule has 15 heavy (non-hydrogen) atoms. The van der Waals surface area contributed by atoms with Gasteiger partial charge in [0.1, 0.15) is 6.17 Å². The van der Waals surface area contributed by atoms with Gasteiger partial charge in [0.05, 0.1) is 5.03 Å². The highest BCUT2D eigenvalue weighted by molar-refractivity contribution is 6.35. The second-order valence-electron chi connectivity index (χ2n) is 3.87. The molecule has 2 nitrogen and oxygen atoms in total. The van der Waals surface area contributed by atoms with E-state index < -0.39 is 0 Å². The van der Waals surface area contributed by atoms with Crippen LogP contribution in [0.5, 0.6) is 0 Å². The van der Waals surface area contributed by atoms with E-state index in [1.165, 1.54) is 0 Å². The molecule has 80 valence electrons. The fourth-order valence-corrected chi connectivity index (χ4v) is 2.23. The molecule has 0 saturated carbocycles. The van der Waals surface area contributed by atoms with E-state index in [0.29, 0.717) is 0 Å². The van der Waals surface area contributed by atoms with E-state index in [1.807, 2.05) is 32.3 Å². The van der Waals surface area contributed by atoms with Crippen LogP contribution in [-0.4, -0.2) is 23.8 Å². The molecule has 0 aromatic heterocycles. The molecule has 0 fully saturated rings. The molecule has 0 aliphatic carbocycles. The highest BCUT2D eigenvalue weighted by Crippen LogP contribution is 2.33. The van der Waals surface area contributed by atoms with E-state index in [9.17, 15) is 0 Å². The minimum absolute atomic E-state index is 0.0705. The van der Waals surface area contributed by atoms with Crippen molar-refractivity contribution in [1.82, 2.24) is 4.90 Å². The van der Waals surface area contributed by atoms with Crippen LogP contribution in [0.1, 0.15) is 20.3 Å². The lowest BCUT2D eigenvalue weighted by atomic mass is 9.98. The van der Waals surface area contributed by atoms with Crippen LogP contribution in [0.15, 0.2) is 39.5 Å². The Labute approximate surface area is 95.6 Å². The van der Waals surface area contributed by atoms with Crippen LogP contribution in [0.2, 0.25) is 0 Å². The Bertz CT molecular complexity index is 402. The SMILES string of the molecule is CCC1=NC2C(=CC=CN2C)C(Cl)=C1C. The second-order valence-corrected chi connectivity index (χ2v) is 4.25. The highest BCUT2D eigenvalue weighted by Gasteiger charge is 2.27. The number of halogens is 1. The van der Waals surface area contributed by atoms with Crippen molar-refractivity contribution in [3.05, 3.63) is 34.5 Å². The van der Waals surface area contributed by atoms with E-state index in [4.69, 9.17) is 16.6 Å². The maximum atomic E-state index is 6.35. The zero-order valence-corrected chi connectivity index (χ0v) is 10.0. The summed E-state index contributed by atoms with van der Waals surface area (Å²) in [5.74, 6) is 0. The van der Waals surface area contributed by atoms with Crippen molar-refractivity contribution >= 4 is 17.3 Å². The molecule has 0 radical (unpaired) electrons. The molecule has 2 rings (SSSR count). The number of fused-ring (bicyclic) bond motifs is 1. The van der Waals surface area contributed by atoms with Gasteiger partial charge in [-0.05, 0) is 25.0 Å². The molecule has 2 heterocycles. The smallest absolute Gasteiger partial charge is 0.148 e. The predicted octanol–water partition coefficient (Wildman–Crippen LogP) is 3.08. The van der Waals surface area contributed by atoms with Crippen molar-refractivity contribution in [2.24, 2.45) is 4.99 Å². The van der Waals surface area contributed by atoms with E-state index in [-0.39, 0.29) is 6.17 Å². The summed E-state index contributed by atoms with van der Waals surface area (Å²) in [6.07, 6.45) is 7.08. The van der Waals surface area contributed by atoms with Gasteiger partial charge in [0.15, 0.2) is 0 Å². The third-order valence-electron chi connectivity index (χ3n) is 2.89. The summed E-state index contributed by atoms with van der Waals surface area (Å²) in [5.41, 5.74) is 3.34. The Kier molecular flexibility index (Phi) is 2.70. The van der Waals surface area contributed by atoms with Gasteiger partial charge in [-0.15, -0.1) is 0 Å². The largest absolute Gasteiger partial charge is 0.355 e. The van der Waals surface area contributed by atoms with Gasteiger partial charge in [-0.3, -0.25) is 4.99 Å². The summed E-state index contributed by atoms with van der Waals surface area (Å²) >= 11 is 6.35. The average molecular weight is 223 g/mol. The Morgan fingerprint density at radius 2 is 2.27 bits per heavy atom. The van der Waals surface area contributed by atoms with E-state index in [0.717, 1.165) is 28.3 Å². The van der Waals surface area contributed by atoms with Crippen LogP contribution >= 0.6 is 11.6 Å². The van der Waals surface area contributed by atoms with Crippen LogP contribution < -0.4 is 0 Å². The highest BCUT2D eigenvalue weighted by atomic mass is 35.5. The van der Waals surface area contributed by atoms with Gasteiger partial charge in [0.25, 0.3) is 0 Å². The summed E-state index contributed by atoms with van der Waals surface area (Å²) in [7, 11) is 2.02. The van der Waals surface area contributed by atoms with E-state index >= 15 is 0 Å². The van der Waals surface area contributed by atoms with Crippen molar-refractivity contribution in [1.29, 1.82) is 0 Å². The maximum Gasteiger partial charge on any atom is 0.148 e. The van der Waals surface area contributed by atoms with Crippen molar-refractivity contribution in [2.45, 2.75) is 26.4 Å². The number of allylic oxidation sites excluding steroid dienone is 3. The molecule has 0 aromatic carbocycles. The average Bonchev–Trinajstić information content (AvgIpc) is 2.24. The minimum Gasteiger partial charge on any atom is -0.355 e. The maximum absolute atomic E-state index is 6.35. The molecule has 1 unspecified atom stereocenters. The number of rotatable bonds is 1. The number of hydrogen-bond donors (Lipinski definition) is 0. The summed E-state index contributed by atoms with van der Waals surface area (Å²) in [6, 6.07) is 0. The molecule has 2 aliphatic heterocycles. The van der Waals surface area contributed by atoms with Crippen molar-refractivity contribution in [3.8, 4) is 0 Å². The molecule has 2 aliphatic rings. The zero-order chi connectivity index (χ0) is 11.0. The Hall–Kier alpha value is -1.02. The Morgan fingerprint density at radius 3 is 2.93 bits per heavy atom. The fraction of sp³-hybridized carbons (Fsp3) is 0.417. The van der Waals surface area contributed by atoms with Crippen LogP contribution in [0, 0.1) is 0 Å². The molecule has 1 atom stereocenters. The molecule has 0 spiro atoms. The lowest BCUT2D eigenvalue weighted by molar-refractivity contribution is 0.377. The fourth-order valence-electron chi connectivity index (χ4n) is 1.96. The molecular formula is C12H15ClN2. The van der Waals surface area contributed by atoms with Gasteiger partial charge in [-0.25, -0.2) is 0 Å². The number of likely N-dealkylation sites (N-methyl/N-ethyl adjacent to an activating group) is 1. The lowest BCUT2D eigenvalue weighted by Crippen LogP contribution is -2.33. The molecule has 0 N–H and O–H groups in total. The first-order valence-corrected chi connectivity index (χ1v) is 5.57. The number of hydrogen-bond acceptors (Lipinski definition) is 2. The second kappa shape index (κ2) is 3.86. The standard InChI is InChI=1S/C12H15ClN2/c1-4-10-8(2)11(13)9-6-5-7-15(3)12(9)14-10/h5-7,12H,4H2,1-3H3. The normalized spacial score (nSPS) is 25.1. The molecule has 0 saturated heterocycles. The summed E-state index contributed by atoms with van der Waals surface area (Å²) < 4.78 is 0. The van der Waals surface area contributed by atoms with Gasteiger partial charge >= 0.3 is 0 Å². The van der Waals surface area contributed by atoms with Crippen LogP contribution in [0.25, 0.3) is 0 Å². The third-order valence-corrected chi connectivity index (χ3v) is 3.39. The number of dihydropyridines is 1. The van der Waals surface area contributed by atoms with Gasteiger partial charge in [-0.1, -0.05) is 24.6 Å². The Morgan fingerprint density at radius 1 is 1.53 bits per heavy atom. The summed E-state index contributed by atoms with van der Waals surface area (Å²) in [6.45, 7) is 4.15. The van der Waals surface area contributed by atoms with Gasteiger partial charge < -0.3 is 4.90 Å². The van der Waals surface area contributed by atoms with E-state index in [2.05, 4.69) is 11.8 Å². The third kappa shape index (κ3) is 1.63. The van der Waals surface area contributed by atoms with Gasteiger partial charge in [0.2, 0.25) is 0 Å².